The third-order valence-corrected chi connectivity index (χ3v) is 3.70. The van der Waals surface area contributed by atoms with Crippen LogP contribution in [0.3, 0.4) is 0 Å². The summed E-state index contributed by atoms with van der Waals surface area (Å²) in [5.41, 5.74) is 0.573. The molecule has 2 rings (SSSR count). The summed E-state index contributed by atoms with van der Waals surface area (Å²) in [6.07, 6.45) is 2.38. The van der Waals surface area contributed by atoms with Crippen LogP contribution in [0.15, 0.2) is 18.2 Å². The predicted molar refractivity (Wildman–Crippen MR) is 75.5 cm³/mol. The highest BCUT2D eigenvalue weighted by molar-refractivity contribution is 6.42. The number of amides is 2. The molecule has 1 N–H and O–H groups in total. The van der Waals surface area contributed by atoms with Crippen LogP contribution in [-0.4, -0.2) is 29.8 Å². The minimum absolute atomic E-state index is 0.0375. The second-order valence-electron chi connectivity index (χ2n) is 4.45. The number of anilines is 1. The first-order valence-electron chi connectivity index (χ1n) is 6.09. The molecule has 4 nitrogen and oxygen atoms in total. The number of nitrogens with one attached hydrogen (secondary N) is 1. The van der Waals surface area contributed by atoms with Crippen LogP contribution in [0.4, 0.5) is 5.69 Å². The largest absolute Gasteiger partial charge is 0.333 e. The van der Waals surface area contributed by atoms with E-state index >= 15 is 0 Å². The summed E-state index contributed by atoms with van der Waals surface area (Å²) < 4.78 is 0. The normalized spacial score (nSPS) is 15.5. The van der Waals surface area contributed by atoms with Crippen LogP contribution in [0.2, 0.25) is 10.0 Å². The number of nitrogens with zero attached hydrogens (tertiary/aromatic N) is 1. The molecule has 0 aromatic heterocycles. The summed E-state index contributed by atoms with van der Waals surface area (Å²) in [7, 11) is 0. The molecule has 0 unspecified atom stereocenters. The van der Waals surface area contributed by atoms with E-state index in [1.807, 2.05) is 0 Å². The highest BCUT2D eigenvalue weighted by Crippen LogP contribution is 2.25. The molecule has 0 atom stereocenters. The second-order valence-corrected chi connectivity index (χ2v) is 5.26. The molecule has 0 aliphatic carbocycles. The summed E-state index contributed by atoms with van der Waals surface area (Å²) in [6.45, 7) is 0.729. The first-order valence-corrected chi connectivity index (χ1v) is 6.84. The van der Waals surface area contributed by atoms with E-state index in [-0.39, 0.29) is 18.4 Å². The van der Waals surface area contributed by atoms with E-state index < -0.39 is 0 Å². The molecule has 1 aliphatic heterocycles. The van der Waals surface area contributed by atoms with Crippen molar-refractivity contribution in [3.8, 4) is 0 Å². The Kier molecular flexibility index (Phi) is 4.66. The second kappa shape index (κ2) is 6.26. The molecule has 0 bridgehead atoms. The van der Waals surface area contributed by atoms with Crippen molar-refractivity contribution >= 4 is 40.7 Å². The molecule has 1 aliphatic rings. The first-order chi connectivity index (χ1) is 9.06. The molecular weight excluding hydrogens is 287 g/mol. The van der Waals surface area contributed by atoms with E-state index in [2.05, 4.69) is 5.32 Å². The molecule has 19 heavy (non-hydrogen) atoms. The van der Waals surface area contributed by atoms with E-state index in [1.54, 1.807) is 23.1 Å². The summed E-state index contributed by atoms with van der Waals surface area (Å²) in [6, 6.07) is 4.87. The van der Waals surface area contributed by atoms with Crippen molar-refractivity contribution in [3.63, 3.8) is 0 Å². The Morgan fingerprint density at radius 2 is 2.05 bits per heavy atom. The zero-order valence-corrected chi connectivity index (χ0v) is 11.8. The Labute approximate surface area is 121 Å². The van der Waals surface area contributed by atoms with Crippen LogP contribution >= 0.6 is 23.2 Å². The molecule has 0 spiro atoms. The molecule has 102 valence electrons. The summed E-state index contributed by atoms with van der Waals surface area (Å²) >= 11 is 11.7. The Morgan fingerprint density at radius 3 is 2.74 bits per heavy atom. The fourth-order valence-corrected chi connectivity index (χ4v) is 2.27. The predicted octanol–water partition coefficient (Wildman–Crippen LogP) is 2.94. The van der Waals surface area contributed by atoms with E-state index in [0.29, 0.717) is 28.7 Å². The van der Waals surface area contributed by atoms with E-state index in [9.17, 15) is 9.59 Å². The van der Waals surface area contributed by atoms with Gasteiger partial charge in [-0.05, 0) is 31.0 Å². The first kappa shape index (κ1) is 14.2. The molecule has 2 amide bonds. The van der Waals surface area contributed by atoms with Gasteiger partial charge in [0.25, 0.3) is 0 Å². The maximum Gasteiger partial charge on any atom is 0.243 e. The lowest BCUT2D eigenvalue weighted by molar-refractivity contribution is -0.136. The molecule has 1 aromatic carbocycles. The average molecular weight is 301 g/mol. The Balaban J connectivity index is 1.93. The number of piperidine rings is 1. The molecule has 1 aromatic rings. The van der Waals surface area contributed by atoms with Crippen molar-refractivity contribution < 1.29 is 9.59 Å². The third-order valence-electron chi connectivity index (χ3n) is 2.96. The minimum atomic E-state index is -0.228. The molecule has 0 radical (unpaired) electrons. The van der Waals surface area contributed by atoms with Crippen molar-refractivity contribution in [2.45, 2.75) is 19.3 Å². The SMILES string of the molecule is O=C(CN1CCCCC1=O)Nc1ccc(Cl)c(Cl)c1. The zero-order chi connectivity index (χ0) is 13.8. The molecule has 1 heterocycles. The maximum absolute atomic E-state index is 11.8. The number of carbonyl (C=O) groups is 2. The Hall–Kier alpha value is -1.26. The fourth-order valence-electron chi connectivity index (χ4n) is 1.98. The number of benzene rings is 1. The zero-order valence-electron chi connectivity index (χ0n) is 10.3. The quantitative estimate of drug-likeness (QED) is 0.933. The van der Waals surface area contributed by atoms with Crippen molar-refractivity contribution in [1.82, 2.24) is 4.90 Å². The minimum Gasteiger partial charge on any atom is -0.333 e. The highest BCUT2D eigenvalue weighted by atomic mass is 35.5. The van der Waals surface area contributed by atoms with Crippen molar-refractivity contribution in [1.29, 1.82) is 0 Å². The van der Waals surface area contributed by atoms with Gasteiger partial charge in [0.15, 0.2) is 0 Å². The van der Waals surface area contributed by atoms with Gasteiger partial charge in [0, 0.05) is 18.7 Å². The number of hydrogen-bond donors (Lipinski definition) is 1. The lowest BCUT2D eigenvalue weighted by Gasteiger charge is -2.25. The standard InChI is InChI=1S/C13H14Cl2N2O2/c14-10-5-4-9(7-11(10)15)16-12(18)8-17-6-2-1-3-13(17)19/h4-5,7H,1-3,6,8H2,(H,16,18). The molecular formula is C13H14Cl2N2O2. The van der Waals surface area contributed by atoms with Crippen LogP contribution in [-0.2, 0) is 9.59 Å². The average Bonchev–Trinajstić information content (AvgIpc) is 2.37. The number of likely N-dealkylation sites (tertiary alicyclic amines) is 1. The smallest absolute Gasteiger partial charge is 0.243 e. The van der Waals surface area contributed by atoms with Crippen molar-refractivity contribution in [3.05, 3.63) is 28.2 Å². The number of halogens is 2. The van der Waals surface area contributed by atoms with Gasteiger partial charge in [0.05, 0.1) is 16.6 Å². The van der Waals surface area contributed by atoms with Gasteiger partial charge in [-0.2, -0.15) is 0 Å². The molecule has 6 heteroatoms. The lowest BCUT2D eigenvalue weighted by atomic mass is 10.1. The van der Waals surface area contributed by atoms with Crippen LogP contribution < -0.4 is 5.32 Å². The number of hydrogen-bond acceptors (Lipinski definition) is 2. The van der Waals surface area contributed by atoms with Crippen LogP contribution in [0.1, 0.15) is 19.3 Å². The van der Waals surface area contributed by atoms with Gasteiger partial charge in [0.2, 0.25) is 11.8 Å². The summed E-state index contributed by atoms with van der Waals surface area (Å²) in [4.78, 5) is 25.0. The fraction of sp³-hybridized carbons (Fsp3) is 0.385. The van der Waals surface area contributed by atoms with Gasteiger partial charge >= 0.3 is 0 Å². The molecule has 1 saturated heterocycles. The van der Waals surface area contributed by atoms with Crippen molar-refractivity contribution in [2.75, 3.05) is 18.4 Å². The van der Waals surface area contributed by atoms with Gasteiger partial charge in [-0.3, -0.25) is 9.59 Å². The van der Waals surface area contributed by atoms with Gasteiger partial charge in [0.1, 0.15) is 0 Å². The molecule has 1 fully saturated rings. The van der Waals surface area contributed by atoms with Gasteiger partial charge in [-0.1, -0.05) is 23.2 Å². The Morgan fingerprint density at radius 1 is 1.26 bits per heavy atom. The van der Waals surface area contributed by atoms with Crippen molar-refractivity contribution in [2.24, 2.45) is 0 Å². The van der Waals surface area contributed by atoms with E-state index in [0.717, 1.165) is 12.8 Å². The Bertz CT molecular complexity index is 505. The molecule has 0 saturated carbocycles. The number of carbonyl (C=O) groups excluding carboxylic acids is 2. The summed E-state index contributed by atoms with van der Waals surface area (Å²) in [5, 5.41) is 3.52. The summed E-state index contributed by atoms with van der Waals surface area (Å²) in [5.74, 6) is -0.191. The van der Waals surface area contributed by atoms with Gasteiger partial charge < -0.3 is 10.2 Å². The third kappa shape index (κ3) is 3.85. The van der Waals surface area contributed by atoms with Gasteiger partial charge in [-0.15, -0.1) is 0 Å². The topological polar surface area (TPSA) is 49.4 Å². The van der Waals surface area contributed by atoms with E-state index in [4.69, 9.17) is 23.2 Å². The monoisotopic (exact) mass is 300 g/mol. The highest BCUT2D eigenvalue weighted by Gasteiger charge is 2.20. The van der Waals surface area contributed by atoms with E-state index in [1.165, 1.54) is 0 Å². The maximum atomic E-state index is 11.8. The number of rotatable bonds is 3. The van der Waals surface area contributed by atoms with Gasteiger partial charge in [-0.25, -0.2) is 0 Å². The lowest BCUT2D eigenvalue weighted by Crippen LogP contribution is -2.40. The van der Waals surface area contributed by atoms with Crippen LogP contribution in [0.25, 0.3) is 0 Å². The van der Waals surface area contributed by atoms with Crippen LogP contribution in [0.5, 0.6) is 0 Å². The van der Waals surface area contributed by atoms with Crippen LogP contribution in [0, 0.1) is 0 Å².